The Morgan fingerprint density at radius 2 is 2.12 bits per heavy atom. The van der Waals surface area contributed by atoms with Crippen molar-refractivity contribution in [1.82, 2.24) is 14.9 Å². The van der Waals surface area contributed by atoms with Crippen LogP contribution >= 0.6 is 23.2 Å². The molecule has 3 rings (SSSR count). The number of amides is 1. The Hall–Kier alpha value is -1.85. The maximum absolute atomic E-state index is 12.6. The number of carbonyl (C=O) groups excluding carboxylic acids is 1. The molecule has 1 atom stereocenters. The summed E-state index contributed by atoms with van der Waals surface area (Å²) in [6, 6.07) is 6.76. The summed E-state index contributed by atoms with van der Waals surface area (Å²) in [5.74, 6) is 0.958. The number of nitrogens with one attached hydrogen (secondary N) is 1. The third-order valence-corrected chi connectivity index (χ3v) is 4.59. The Bertz CT molecular complexity index is 753. The van der Waals surface area contributed by atoms with E-state index in [1.165, 1.54) is 6.33 Å². The average Bonchev–Trinajstić information content (AvgIpc) is 2.58. The van der Waals surface area contributed by atoms with Crippen molar-refractivity contribution in [2.24, 2.45) is 5.92 Å². The number of rotatable bonds is 3. The number of piperidine rings is 1. The number of likely N-dealkylation sites (tertiary alicyclic amines) is 1. The van der Waals surface area contributed by atoms with Crippen molar-refractivity contribution >= 4 is 40.6 Å². The van der Waals surface area contributed by atoms with Crippen LogP contribution in [0.1, 0.15) is 30.3 Å². The van der Waals surface area contributed by atoms with E-state index in [1.54, 1.807) is 24.3 Å². The van der Waals surface area contributed by atoms with Gasteiger partial charge in [0.1, 0.15) is 17.8 Å². The third-order valence-electron chi connectivity index (χ3n) is 4.02. The fraction of sp³-hybridized carbons (Fsp3) is 0.353. The van der Waals surface area contributed by atoms with Crippen molar-refractivity contribution in [1.29, 1.82) is 0 Å². The average molecular weight is 365 g/mol. The van der Waals surface area contributed by atoms with Gasteiger partial charge < -0.3 is 10.2 Å². The molecule has 7 heteroatoms. The molecule has 1 N–H and O–H groups in total. The highest BCUT2D eigenvalue weighted by atomic mass is 35.5. The maximum Gasteiger partial charge on any atom is 0.272 e. The molecule has 0 radical (unpaired) electrons. The molecular weight excluding hydrogens is 347 g/mol. The van der Waals surface area contributed by atoms with Crippen LogP contribution in [0.2, 0.25) is 10.0 Å². The van der Waals surface area contributed by atoms with Crippen LogP contribution in [0.5, 0.6) is 0 Å². The van der Waals surface area contributed by atoms with Gasteiger partial charge in [0.15, 0.2) is 0 Å². The second-order valence-electron chi connectivity index (χ2n) is 6.04. The molecule has 1 fully saturated rings. The number of hydrogen-bond acceptors (Lipinski definition) is 4. The van der Waals surface area contributed by atoms with E-state index in [-0.39, 0.29) is 5.91 Å². The van der Waals surface area contributed by atoms with Crippen LogP contribution in [0, 0.1) is 5.92 Å². The van der Waals surface area contributed by atoms with Gasteiger partial charge in [-0.3, -0.25) is 4.79 Å². The molecule has 0 bridgehead atoms. The molecule has 1 unspecified atom stereocenters. The van der Waals surface area contributed by atoms with Gasteiger partial charge in [-0.2, -0.15) is 0 Å². The predicted molar refractivity (Wildman–Crippen MR) is 96.1 cm³/mol. The van der Waals surface area contributed by atoms with E-state index in [1.807, 2.05) is 4.90 Å². The Labute approximate surface area is 151 Å². The van der Waals surface area contributed by atoms with Crippen LogP contribution in [0.15, 0.2) is 30.6 Å². The lowest BCUT2D eigenvalue weighted by Crippen LogP contribution is -2.39. The molecule has 0 aliphatic carbocycles. The van der Waals surface area contributed by atoms with Gasteiger partial charge in [-0.1, -0.05) is 30.1 Å². The number of hydrogen-bond donors (Lipinski definition) is 1. The molecule has 1 aromatic carbocycles. The summed E-state index contributed by atoms with van der Waals surface area (Å²) in [6.45, 7) is 3.70. The second kappa shape index (κ2) is 7.36. The van der Waals surface area contributed by atoms with Crippen molar-refractivity contribution in [2.45, 2.75) is 19.8 Å². The molecule has 0 spiro atoms. The molecule has 1 aliphatic rings. The number of carbonyl (C=O) groups is 1. The summed E-state index contributed by atoms with van der Waals surface area (Å²) in [5.41, 5.74) is 1.01. The lowest BCUT2D eigenvalue weighted by molar-refractivity contribution is 0.0677. The molecule has 1 amide bonds. The zero-order valence-electron chi connectivity index (χ0n) is 13.3. The van der Waals surface area contributed by atoms with Gasteiger partial charge in [0.25, 0.3) is 5.91 Å². The van der Waals surface area contributed by atoms with Crippen LogP contribution < -0.4 is 5.32 Å². The maximum atomic E-state index is 12.6. The standard InChI is InChI=1S/C17H18Cl2N4O/c1-11-3-2-6-23(9-11)17(24)15-8-16(21-10-20-15)22-14-7-12(18)4-5-13(14)19/h4-5,7-8,10-11H,2-3,6,9H2,1H3,(H,20,21,22). The summed E-state index contributed by atoms with van der Waals surface area (Å²) >= 11 is 12.1. The van der Waals surface area contributed by atoms with Gasteiger partial charge in [0.05, 0.1) is 10.7 Å². The molecule has 24 heavy (non-hydrogen) atoms. The Balaban J connectivity index is 1.78. The Morgan fingerprint density at radius 1 is 1.29 bits per heavy atom. The first kappa shape index (κ1) is 17.0. The number of halogens is 2. The van der Waals surface area contributed by atoms with Crippen LogP contribution in [0.3, 0.4) is 0 Å². The van der Waals surface area contributed by atoms with E-state index in [0.717, 1.165) is 25.9 Å². The summed E-state index contributed by atoms with van der Waals surface area (Å²) < 4.78 is 0. The van der Waals surface area contributed by atoms with Crippen LogP contribution in [-0.4, -0.2) is 33.9 Å². The number of aromatic nitrogens is 2. The minimum Gasteiger partial charge on any atom is -0.339 e. The van der Waals surface area contributed by atoms with E-state index < -0.39 is 0 Å². The first-order chi connectivity index (χ1) is 11.5. The van der Waals surface area contributed by atoms with Crippen molar-refractivity contribution in [3.8, 4) is 0 Å². The summed E-state index contributed by atoms with van der Waals surface area (Å²) in [7, 11) is 0. The van der Waals surface area contributed by atoms with Crippen molar-refractivity contribution in [3.05, 3.63) is 46.3 Å². The first-order valence-corrected chi connectivity index (χ1v) is 8.62. The number of anilines is 2. The van der Waals surface area contributed by atoms with Gasteiger partial charge in [-0.15, -0.1) is 0 Å². The van der Waals surface area contributed by atoms with Gasteiger partial charge >= 0.3 is 0 Å². The largest absolute Gasteiger partial charge is 0.339 e. The van der Waals surface area contributed by atoms with Crippen LogP contribution in [0.25, 0.3) is 0 Å². The highest BCUT2D eigenvalue weighted by Crippen LogP contribution is 2.28. The highest BCUT2D eigenvalue weighted by molar-refractivity contribution is 6.35. The normalized spacial score (nSPS) is 17.6. The lowest BCUT2D eigenvalue weighted by Gasteiger charge is -2.30. The van der Waals surface area contributed by atoms with Crippen molar-refractivity contribution in [3.63, 3.8) is 0 Å². The van der Waals surface area contributed by atoms with Crippen molar-refractivity contribution in [2.75, 3.05) is 18.4 Å². The molecular formula is C17H18Cl2N4O. The smallest absolute Gasteiger partial charge is 0.272 e. The fourth-order valence-electron chi connectivity index (χ4n) is 2.81. The predicted octanol–water partition coefficient (Wildman–Crippen LogP) is 4.40. The zero-order valence-corrected chi connectivity index (χ0v) is 14.8. The minimum atomic E-state index is -0.0656. The second-order valence-corrected chi connectivity index (χ2v) is 6.88. The number of benzene rings is 1. The summed E-state index contributed by atoms with van der Waals surface area (Å²) in [5, 5.41) is 4.17. The Morgan fingerprint density at radius 3 is 2.92 bits per heavy atom. The van der Waals surface area contributed by atoms with Crippen LogP contribution in [-0.2, 0) is 0 Å². The van der Waals surface area contributed by atoms with Crippen molar-refractivity contribution < 1.29 is 4.79 Å². The molecule has 2 aromatic rings. The van der Waals surface area contributed by atoms with E-state index in [9.17, 15) is 4.79 Å². The molecule has 1 aromatic heterocycles. The van der Waals surface area contributed by atoms with Gasteiger partial charge in [0, 0.05) is 24.2 Å². The van der Waals surface area contributed by atoms with E-state index >= 15 is 0 Å². The summed E-state index contributed by atoms with van der Waals surface area (Å²) in [4.78, 5) is 22.8. The monoisotopic (exact) mass is 364 g/mol. The Kier molecular flexibility index (Phi) is 5.21. The molecule has 0 saturated carbocycles. The van der Waals surface area contributed by atoms with E-state index in [4.69, 9.17) is 23.2 Å². The quantitative estimate of drug-likeness (QED) is 0.876. The SMILES string of the molecule is CC1CCCN(C(=O)c2cc(Nc3cc(Cl)ccc3Cl)ncn2)C1. The minimum absolute atomic E-state index is 0.0656. The molecule has 126 valence electrons. The highest BCUT2D eigenvalue weighted by Gasteiger charge is 2.23. The zero-order chi connectivity index (χ0) is 17.1. The van der Waals surface area contributed by atoms with Gasteiger partial charge in [-0.25, -0.2) is 9.97 Å². The summed E-state index contributed by atoms with van der Waals surface area (Å²) in [6.07, 6.45) is 3.57. The molecule has 5 nitrogen and oxygen atoms in total. The topological polar surface area (TPSA) is 58.1 Å². The van der Waals surface area contributed by atoms with Gasteiger partial charge in [0.2, 0.25) is 0 Å². The lowest BCUT2D eigenvalue weighted by atomic mass is 10.00. The number of nitrogens with zero attached hydrogens (tertiary/aromatic N) is 3. The van der Waals surface area contributed by atoms with Gasteiger partial charge in [-0.05, 0) is 37.0 Å². The van der Waals surface area contributed by atoms with E-state index in [0.29, 0.717) is 33.2 Å². The van der Waals surface area contributed by atoms with E-state index in [2.05, 4.69) is 22.2 Å². The fourth-order valence-corrected chi connectivity index (χ4v) is 3.15. The molecule has 1 aliphatic heterocycles. The molecule has 2 heterocycles. The van der Waals surface area contributed by atoms with Crippen LogP contribution in [0.4, 0.5) is 11.5 Å². The third kappa shape index (κ3) is 3.97. The molecule has 1 saturated heterocycles. The first-order valence-electron chi connectivity index (χ1n) is 7.86.